The van der Waals surface area contributed by atoms with Gasteiger partial charge in [0.05, 0.1) is 0 Å². The third-order valence-corrected chi connectivity index (χ3v) is 5.21. The molecule has 1 aliphatic heterocycles. The molecule has 1 unspecified atom stereocenters. The monoisotopic (exact) mass is 249 g/mol. The molecule has 0 aromatic heterocycles. The largest absolute Gasteiger partial charge is 0.330 e. The highest BCUT2D eigenvalue weighted by molar-refractivity contribution is 7.86. The fraction of sp³-hybridized carbons (Fsp3) is 1.00. The normalized spacial score (nSPS) is 27.8. The molecule has 1 heterocycles. The maximum Gasteiger partial charge on any atom is 0.281 e. The number of hydrogen-bond acceptors (Lipinski definition) is 3. The van der Waals surface area contributed by atoms with Crippen molar-refractivity contribution in [3.05, 3.63) is 0 Å². The summed E-state index contributed by atoms with van der Waals surface area (Å²) in [5.41, 5.74) is 5.62. The fourth-order valence-electron chi connectivity index (χ4n) is 1.97. The first-order valence-corrected chi connectivity index (χ1v) is 7.17. The first kappa shape index (κ1) is 13.9. The molecular formula is C10H23N3O2S. The van der Waals surface area contributed by atoms with Crippen LogP contribution in [0.4, 0.5) is 0 Å². The molecule has 5 nitrogen and oxygen atoms in total. The zero-order chi connectivity index (χ0) is 12.4. The van der Waals surface area contributed by atoms with E-state index in [4.69, 9.17) is 5.73 Å². The van der Waals surface area contributed by atoms with Crippen molar-refractivity contribution in [1.29, 1.82) is 0 Å². The molecule has 0 bridgehead atoms. The first-order chi connectivity index (χ1) is 7.35. The van der Waals surface area contributed by atoms with Gasteiger partial charge in [0.25, 0.3) is 10.2 Å². The molecule has 16 heavy (non-hydrogen) atoms. The van der Waals surface area contributed by atoms with E-state index >= 15 is 0 Å². The molecule has 0 aliphatic carbocycles. The first-order valence-electron chi connectivity index (χ1n) is 5.77. The summed E-state index contributed by atoms with van der Waals surface area (Å²) in [6, 6.07) is 0. The van der Waals surface area contributed by atoms with Gasteiger partial charge < -0.3 is 5.73 Å². The lowest BCUT2D eigenvalue weighted by molar-refractivity contribution is 0.334. The van der Waals surface area contributed by atoms with E-state index in [0.717, 1.165) is 12.8 Å². The molecular weight excluding hydrogens is 226 g/mol. The summed E-state index contributed by atoms with van der Waals surface area (Å²) in [5.74, 6) is 0. The predicted molar refractivity (Wildman–Crippen MR) is 65.2 cm³/mol. The van der Waals surface area contributed by atoms with Crippen molar-refractivity contribution in [2.45, 2.75) is 26.7 Å². The Morgan fingerprint density at radius 3 is 2.56 bits per heavy atom. The van der Waals surface area contributed by atoms with Gasteiger partial charge in [-0.3, -0.25) is 0 Å². The fourth-order valence-corrected chi connectivity index (χ4v) is 3.57. The Balaban J connectivity index is 2.73. The molecule has 1 saturated heterocycles. The van der Waals surface area contributed by atoms with E-state index in [0.29, 0.717) is 26.2 Å². The van der Waals surface area contributed by atoms with Gasteiger partial charge in [-0.05, 0) is 24.8 Å². The molecule has 0 radical (unpaired) electrons. The highest BCUT2D eigenvalue weighted by Gasteiger charge is 2.39. The van der Waals surface area contributed by atoms with Crippen molar-refractivity contribution < 1.29 is 8.42 Å². The molecule has 0 amide bonds. The highest BCUT2D eigenvalue weighted by Crippen LogP contribution is 2.30. The Hall–Kier alpha value is -0.170. The van der Waals surface area contributed by atoms with Crippen molar-refractivity contribution in [3.8, 4) is 0 Å². The summed E-state index contributed by atoms with van der Waals surface area (Å²) >= 11 is 0. The molecule has 0 aromatic carbocycles. The molecule has 1 rings (SSSR count). The average Bonchev–Trinajstić information content (AvgIpc) is 2.63. The van der Waals surface area contributed by atoms with Gasteiger partial charge in [-0.2, -0.15) is 17.0 Å². The van der Waals surface area contributed by atoms with E-state index in [2.05, 4.69) is 0 Å². The van der Waals surface area contributed by atoms with Gasteiger partial charge in [-0.1, -0.05) is 13.8 Å². The van der Waals surface area contributed by atoms with Crippen LogP contribution in [-0.4, -0.2) is 50.3 Å². The minimum absolute atomic E-state index is 0.0554. The Kier molecular flexibility index (Phi) is 4.34. The molecule has 1 aliphatic rings. The SMILES string of the molecule is CCCN(C)S(=O)(=O)N1CCC(C)(CN)C1. The highest BCUT2D eigenvalue weighted by atomic mass is 32.2. The number of nitrogens with zero attached hydrogens (tertiary/aromatic N) is 2. The molecule has 96 valence electrons. The third-order valence-electron chi connectivity index (χ3n) is 3.27. The van der Waals surface area contributed by atoms with Gasteiger partial charge >= 0.3 is 0 Å². The third kappa shape index (κ3) is 2.74. The van der Waals surface area contributed by atoms with Gasteiger partial charge in [-0.15, -0.1) is 0 Å². The lowest BCUT2D eigenvalue weighted by Gasteiger charge is -2.26. The predicted octanol–water partition coefficient (Wildman–Crippen LogP) is 0.244. The summed E-state index contributed by atoms with van der Waals surface area (Å²) in [6.07, 6.45) is 1.68. The quantitative estimate of drug-likeness (QED) is 0.759. The van der Waals surface area contributed by atoms with Crippen LogP contribution in [0, 0.1) is 5.41 Å². The van der Waals surface area contributed by atoms with E-state index in [-0.39, 0.29) is 5.41 Å². The van der Waals surface area contributed by atoms with E-state index in [1.807, 2.05) is 13.8 Å². The van der Waals surface area contributed by atoms with Crippen LogP contribution in [0.3, 0.4) is 0 Å². The number of hydrogen-bond donors (Lipinski definition) is 1. The van der Waals surface area contributed by atoms with Crippen molar-refractivity contribution in [3.63, 3.8) is 0 Å². The second-order valence-corrected chi connectivity index (χ2v) is 6.96. The molecule has 1 atom stereocenters. The van der Waals surface area contributed by atoms with Crippen LogP contribution in [-0.2, 0) is 10.2 Å². The van der Waals surface area contributed by atoms with Gasteiger partial charge in [-0.25, -0.2) is 0 Å². The topological polar surface area (TPSA) is 66.6 Å². The van der Waals surface area contributed by atoms with E-state index in [1.165, 1.54) is 4.31 Å². The smallest absolute Gasteiger partial charge is 0.281 e. The second kappa shape index (κ2) is 5.00. The van der Waals surface area contributed by atoms with Crippen LogP contribution in [0.2, 0.25) is 0 Å². The zero-order valence-corrected chi connectivity index (χ0v) is 11.3. The van der Waals surface area contributed by atoms with Gasteiger partial charge in [0.15, 0.2) is 0 Å². The van der Waals surface area contributed by atoms with E-state index < -0.39 is 10.2 Å². The lowest BCUT2D eigenvalue weighted by Crippen LogP contribution is -2.42. The minimum Gasteiger partial charge on any atom is -0.330 e. The second-order valence-electron chi connectivity index (χ2n) is 4.93. The Morgan fingerprint density at radius 1 is 1.50 bits per heavy atom. The Labute approximate surface area is 98.8 Å². The zero-order valence-electron chi connectivity index (χ0n) is 10.4. The van der Waals surface area contributed by atoms with Crippen molar-refractivity contribution >= 4 is 10.2 Å². The summed E-state index contributed by atoms with van der Waals surface area (Å²) in [5, 5.41) is 0. The van der Waals surface area contributed by atoms with Crippen LogP contribution < -0.4 is 5.73 Å². The van der Waals surface area contributed by atoms with Crippen LogP contribution in [0.25, 0.3) is 0 Å². The molecule has 1 fully saturated rings. The molecule has 0 spiro atoms. The lowest BCUT2D eigenvalue weighted by atomic mass is 9.90. The van der Waals surface area contributed by atoms with Crippen LogP contribution in [0.5, 0.6) is 0 Å². The van der Waals surface area contributed by atoms with E-state index in [9.17, 15) is 8.42 Å². The van der Waals surface area contributed by atoms with Gasteiger partial charge in [0.2, 0.25) is 0 Å². The molecule has 2 N–H and O–H groups in total. The van der Waals surface area contributed by atoms with Crippen LogP contribution in [0.15, 0.2) is 0 Å². The van der Waals surface area contributed by atoms with Gasteiger partial charge in [0, 0.05) is 26.7 Å². The standard InChI is InChI=1S/C10H23N3O2S/c1-4-6-12(3)16(14,15)13-7-5-10(2,8-11)9-13/h4-9,11H2,1-3H3. The Bertz CT molecular complexity index is 331. The summed E-state index contributed by atoms with van der Waals surface area (Å²) < 4.78 is 27.3. The molecule has 0 saturated carbocycles. The van der Waals surface area contributed by atoms with Crippen LogP contribution >= 0.6 is 0 Å². The molecule has 6 heteroatoms. The number of nitrogens with two attached hydrogens (primary N) is 1. The summed E-state index contributed by atoms with van der Waals surface area (Å²) in [7, 11) is -1.64. The van der Waals surface area contributed by atoms with Crippen molar-refractivity contribution in [2.24, 2.45) is 11.1 Å². The Morgan fingerprint density at radius 2 is 2.12 bits per heavy atom. The van der Waals surface area contributed by atoms with Crippen LogP contribution in [0.1, 0.15) is 26.7 Å². The molecule has 0 aromatic rings. The average molecular weight is 249 g/mol. The van der Waals surface area contributed by atoms with Crippen molar-refractivity contribution in [2.75, 3.05) is 33.2 Å². The minimum atomic E-state index is -3.27. The van der Waals surface area contributed by atoms with Gasteiger partial charge in [0.1, 0.15) is 0 Å². The number of rotatable bonds is 5. The van der Waals surface area contributed by atoms with E-state index in [1.54, 1.807) is 11.4 Å². The maximum atomic E-state index is 12.1. The maximum absolute atomic E-state index is 12.1. The van der Waals surface area contributed by atoms with Crippen molar-refractivity contribution in [1.82, 2.24) is 8.61 Å². The summed E-state index contributed by atoms with van der Waals surface area (Å²) in [4.78, 5) is 0. The summed E-state index contributed by atoms with van der Waals surface area (Å²) in [6.45, 7) is 6.25.